The molecule has 0 bridgehead atoms. The lowest BCUT2D eigenvalue weighted by Gasteiger charge is -2.29. The van der Waals surface area contributed by atoms with Gasteiger partial charge in [0.05, 0.1) is 12.1 Å². The fourth-order valence-corrected chi connectivity index (χ4v) is 2.00. The molecule has 0 aromatic heterocycles. The van der Waals surface area contributed by atoms with Gasteiger partial charge in [-0.2, -0.15) is 0 Å². The molecule has 0 radical (unpaired) electrons. The molecule has 1 amide bonds. The monoisotopic (exact) mass is 323 g/mol. The molecule has 1 aromatic carbocycles. The summed E-state index contributed by atoms with van der Waals surface area (Å²) < 4.78 is 5.05. The number of hydrogen-bond acceptors (Lipinski definition) is 5. The SMILES string of the molecule is CC(C)(C)OC(=O)NNC1CCNCC1O.Cc1ccccc1. The number of aryl methyl sites for hydroxylation is 1. The van der Waals surface area contributed by atoms with E-state index in [4.69, 9.17) is 4.74 Å². The summed E-state index contributed by atoms with van der Waals surface area (Å²) in [5, 5.41) is 12.7. The van der Waals surface area contributed by atoms with Crippen LogP contribution in [0.4, 0.5) is 4.79 Å². The summed E-state index contributed by atoms with van der Waals surface area (Å²) in [5.74, 6) is 0. The zero-order valence-corrected chi connectivity index (χ0v) is 14.4. The van der Waals surface area contributed by atoms with Crippen molar-refractivity contribution < 1.29 is 14.6 Å². The number of carbonyl (C=O) groups excluding carboxylic acids is 1. The summed E-state index contributed by atoms with van der Waals surface area (Å²) >= 11 is 0. The molecule has 0 saturated carbocycles. The zero-order chi connectivity index (χ0) is 17.3. The first-order valence-electron chi connectivity index (χ1n) is 7.93. The van der Waals surface area contributed by atoms with E-state index < -0.39 is 17.8 Å². The highest BCUT2D eigenvalue weighted by atomic mass is 16.6. The summed E-state index contributed by atoms with van der Waals surface area (Å²) in [5.41, 5.74) is 6.03. The summed E-state index contributed by atoms with van der Waals surface area (Å²) in [6, 6.07) is 10.1. The second-order valence-electron chi connectivity index (χ2n) is 6.59. The summed E-state index contributed by atoms with van der Waals surface area (Å²) in [6.07, 6.45) is -0.265. The van der Waals surface area contributed by atoms with E-state index >= 15 is 0 Å². The lowest BCUT2D eigenvalue weighted by atomic mass is 10.1. The van der Waals surface area contributed by atoms with Crippen molar-refractivity contribution in [2.24, 2.45) is 0 Å². The topological polar surface area (TPSA) is 82.6 Å². The molecule has 130 valence electrons. The van der Waals surface area contributed by atoms with Crippen molar-refractivity contribution in [1.82, 2.24) is 16.2 Å². The molecule has 0 aliphatic carbocycles. The molecule has 23 heavy (non-hydrogen) atoms. The van der Waals surface area contributed by atoms with E-state index in [1.165, 1.54) is 5.56 Å². The van der Waals surface area contributed by atoms with Crippen LogP contribution < -0.4 is 16.2 Å². The van der Waals surface area contributed by atoms with E-state index in [0.29, 0.717) is 6.54 Å². The Kier molecular flexibility index (Phi) is 8.02. The lowest BCUT2D eigenvalue weighted by Crippen LogP contribution is -2.56. The third-order valence-corrected chi connectivity index (χ3v) is 3.15. The van der Waals surface area contributed by atoms with Gasteiger partial charge < -0.3 is 15.2 Å². The van der Waals surface area contributed by atoms with Crippen LogP contribution in [0.25, 0.3) is 0 Å². The highest BCUT2D eigenvalue weighted by Crippen LogP contribution is 2.06. The highest BCUT2D eigenvalue weighted by Gasteiger charge is 2.23. The first-order chi connectivity index (χ1) is 10.8. The Morgan fingerprint density at radius 3 is 2.43 bits per heavy atom. The number of hydrazine groups is 1. The molecular weight excluding hydrogens is 294 g/mol. The first-order valence-corrected chi connectivity index (χ1v) is 7.93. The molecule has 4 N–H and O–H groups in total. The molecule has 2 rings (SSSR count). The number of piperidine rings is 1. The van der Waals surface area contributed by atoms with E-state index in [9.17, 15) is 9.90 Å². The third kappa shape index (κ3) is 9.18. The molecule has 1 fully saturated rings. The maximum absolute atomic E-state index is 11.3. The number of ether oxygens (including phenoxy) is 1. The van der Waals surface area contributed by atoms with Crippen LogP contribution in [0.2, 0.25) is 0 Å². The Morgan fingerprint density at radius 1 is 1.30 bits per heavy atom. The molecule has 2 atom stereocenters. The standard InChI is InChI=1S/C10H21N3O3.C7H8/c1-10(2,3)16-9(15)13-12-7-4-5-11-6-8(7)14;1-7-5-3-2-4-6-7/h7-8,11-12,14H,4-6H2,1-3H3,(H,13,15);2-6H,1H3. The minimum Gasteiger partial charge on any atom is -0.443 e. The van der Waals surface area contributed by atoms with Crippen LogP contribution in [0, 0.1) is 6.92 Å². The van der Waals surface area contributed by atoms with Gasteiger partial charge >= 0.3 is 6.09 Å². The fourth-order valence-electron chi connectivity index (χ4n) is 2.00. The number of carbonyl (C=O) groups is 1. The minimum atomic E-state index is -0.529. The summed E-state index contributed by atoms with van der Waals surface area (Å²) in [4.78, 5) is 11.3. The average molecular weight is 323 g/mol. The fraction of sp³-hybridized carbons (Fsp3) is 0.588. The number of hydrogen-bond donors (Lipinski definition) is 4. The molecule has 2 unspecified atom stereocenters. The van der Waals surface area contributed by atoms with Crippen LogP contribution in [-0.2, 0) is 4.74 Å². The quantitative estimate of drug-likeness (QED) is 0.623. The maximum Gasteiger partial charge on any atom is 0.422 e. The van der Waals surface area contributed by atoms with Crippen LogP contribution in [0.15, 0.2) is 30.3 Å². The number of nitrogens with one attached hydrogen (secondary N) is 3. The van der Waals surface area contributed by atoms with Crippen LogP contribution in [0.3, 0.4) is 0 Å². The predicted octanol–water partition coefficient (Wildman–Crippen LogP) is 1.73. The van der Waals surface area contributed by atoms with Gasteiger partial charge in [-0.3, -0.25) is 5.43 Å². The van der Waals surface area contributed by atoms with Crippen LogP contribution >= 0.6 is 0 Å². The predicted molar refractivity (Wildman–Crippen MR) is 91.0 cm³/mol. The van der Waals surface area contributed by atoms with Gasteiger partial charge in [0, 0.05) is 6.54 Å². The average Bonchev–Trinajstić information content (AvgIpc) is 2.46. The molecule has 1 heterocycles. The third-order valence-electron chi connectivity index (χ3n) is 3.15. The van der Waals surface area contributed by atoms with E-state index in [-0.39, 0.29) is 6.04 Å². The van der Waals surface area contributed by atoms with E-state index in [2.05, 4.69) is 35.2 Å². The Balaban J connectivity index is 0.000000313. The summed E-state index contributed by atoms with van der Waals surface area (Å²) in [6.45, 7) is 8.84. The number of amides is 1. The lowest BCUT2D eigenvalue weighted by molar-refractivity contribution is 0.0426. The number of aliphatic hydroxyl groups excluding tert-OH is 1. The Bertz CT molecular complexity index is 460. The molecule has 0 spiro atoms. The smallest absolute Gasteiger partial charge is 0.422 e. The Morgan fingerprint density at radius 2 is 1.96 bits per heavy atom. The van der Waals surface area contributed by atoms with Gasteiger partial charge in [-0.15, -0.1) is 0 Å². The van der Waals surface area contributed by atoms with Gasteiger partial charge in [0.25, 0.3) is 0 Å². The highest BCUT2D eigenvalue weighted by molar-refractivity contribution is 5.67. The normalized spacial score (nSPS) is 20.9. The van der Waals surface area contributed by atoms with Crippen molar-refractivity contribution in [1.29, 1.82) is 0 Å². The Hall–Kier alpha value is -1.63. The van der Waals surface area contributed by atoms with Crippen LogP contribution in [0.1, 0.15) is 32.8 Å². The van der Waals surface area contributed by atoms with Crippen molar-refractivity contribution >= 4 is 6.09 Å². The molecule has 6 nitrogen and oxygen atoms in total. The van der Waals surface area contributed by atoms with Gasteiger partial charge in [0.2, 0.25) is 0 Å². The molecule has 1 aromatic rings. The van der Waals surface area contributed by atoms with E-state index in [1.807, 2.05) is 18.2 Å². The van der Waals surface area contributed by atoms with Crippen molar-refractivity contribution in [2.75, 3.05) is 13.1 Å². The molecule has 1 saturated heterocycles. The van der Waals surface area contributed by atoms with Gasteiger partial charge in [-0.05, 0) is 40.7 Å². The zero-order valence-electron chi connectivity index (χ0n) is 14.4. The van der Waals surface area contributed by atoms with E-state index in [1.54, 1.807) is 20.8 Å². The Labute approximate surface area is 138 Å². The number of aliphatic hydroxyl groups is 1. The van der Waals surface area contributed by atoms with Crippen molar-refractivity contribution in [3.8, 4) is 0 Å². The van der Waals surface area contributed by atoms with Crippen molar-refractivity contribution in [3.05, 3.63) is 35.9 Å². The maximum atomic E-state index is 11.3. The van der Waals surface area contributed by atoms with E-state index in [0.717, 1.165) is 13.0 Å². The number of benzene rings is 1. The van der Waals surface area contributed by atoms with Gasteiger partial charge in [0.15, 0.2) is 0 Å². The number of β-amino-alcohol motifs (C(OH)–C–C–N with tert-alkyl or cyclic N) is 1. The van der Waals surface area contributed by atoms with Crippen molar-refractivity contribution in [3.63, 3.8) is 0 Å². The van der Waals surface area contributed by atoms with Gasteiger partial charge in [-0.25, -0.2) is 10.2 Å². The van der Waals surface area contributed by atoms with Crippen molar-refractivity contribution in [2.45, 2.75) is 51.9 Å². The molecule has 1 aliphatic heterocycles. The minimum absolute atomic E-state index is 0.131. The second kappa shape index (κ2) is 9.50. The second-order valence-corrected chi connectivity index (χ2v) is 6.59. The first kappa shape index (κ1) is 19.4. The van der Waals surface area contributed by atoms with Gasteiger partial charge in [-0.1, -0.05) is 35.9 Å². The van der Waals surface area contributed by atoms with Gasteiger partial charge in [0.1, 0.15) is 5.60 Å². The van der Waals surface area contributed by atoms with Crippen LogP contribution in [-0.4, -0.2) is 42.0 Å². The number of rotatable bonds is 2. The molecule has 6 heteroatoms. The molecular formula is C17H29N3O3. The summed E-state index contributed by atoms with van der Waals surface area (Å²) in [7, 11) is 0. The van der Waals surface area contributed by atoms with Crippen LogP contribution in [0.5, 0.6) is 0 Å². The largest absolute Gasteiger partial charge is 0.443 e. The molecule has 1 aliphatic rings.